The number of anilines is 4. The molecule has 6 aromatic carbocycles. The second kappa shape index (κ2) is 10.7. The Morgan fingerprint density at radius 3 is 2.10 bits per heavy atom. The number of methoxy groups -OCH3 is 1. The molecule has 2 N–H and O–H groups in total. The third kappa shape index (κ3) is 4.63. The normalized spacial score (nSPS) is 10.8. The summed E-state index contributed by atoms with van der Waals surface area (Å²) in [6.45, 7) is 0. The molecule has 0 aliphatic carbocycles. The molecule has 0 heterocycles. The summed E-state index contributed by atoms with van der Waals surface area (Å²) in [6.07, 6.45) is 0. The number of nitrogens with zero attached hydrogens (tertiary/aromatic N) is 1. The second-order valence-corrected chi connectivity index (χ2v) is 9.20. The molecule has 6 rings (SSSR count). The van der Waals surface area contributed by atoms with Gasteiger partial charge in [0.25, 0.3) is 0 Å². The van der Waals surface area contributed by atoms with E-state index in [1.54, 1.807) is 31.4 Å². The fourth-order valence-corrected chi connectivity index (χ4v) is 4.84. The standard InChI is InChI=1S/C34H26N2O4/c1-39-33-27-16-8-6-12-24(27)19-21-30(33)36(25-13-3-2-4-14-25)40-34(38)28-17-9-10-18-29(28)35-32-26-15-7-5-11-23(26)20-22-31(32)37/h2-22,35,37H,1H3. The van der Waals surface area contributed by atoms with Crippen molar-refractivity contribution in [3.8, 4) is 11.5 Å². The first-order chi connectivity index (χ1) is 19.6. The number of phenolic OH excluding ortho intramolecular Hbond substituents is 1. The van der Waals surface area contributed by atoms with Crippen LogP contribution in [0.4, 0.5) is 22.7 Å². The van der Waals surface area contributed by atoms with Crippen LogP contribution >= 0.6 is 0 Å². The summed E-state index contributed by atoms with van der Waals surface area (Å²) in [6, 6.07) is 39.4. The Morgan fingerprint density at radius 2 is 1.32 bits per heavy atom. The van der Waals surface area contributed by atoms with E-state index < -0.39 is 5.97 Å². The minimum absolute atomic E-state index is 0.0775. The van der Waals surface area contributed by atoms with Crippen molar-refractivity contribution in [2.75, 3.05) is 17.5 Å². The lowest BCUT2D eigenvalue weighted by Gasteiger charge is -2.26. The van der Waals surface area contributed by atoms with Crippen LogP contribution in [0.15, 0.2) is 127 Å². The first kappa shape index (κ1) is 24.8. The third-order valence-corrected chi connectivity index (χ3v) is 6.76. The maximum absolute atomic E-state index is 13.8. The van der Waals surface area contributed by atoms with Crippen molar-refractivity contribution in [1.29, 1.82) is 0 Å². The van der Waals surface area contributed by atoms with Crippen molar-refractivity contribution >= 4 is 50.3 Å². The van der Waals surface area contributed by atoms with Crippen molar-refractivity contribution in [1.82, 2.24) is 0 Å². The zero-order valence-corrected chi connectivity index (χ0v) is 21.7. The highest BCUT2D eigenvalue weighted by Gasteiger charge is 2.24. The molecule has 0 bridgehead atoms. The van der Waals surface area contributed by atoms with Gasteiger partial charge in [-0.3, -0.25) is 0 Å². The predicted octanol–water partition coefficient (Wildman–Crippen LogP) is 8.36. The molecule has 0 saturated heterocycles. The molecule has 0 saturated carbocycles. The molecule has 0 aliphatic rings. The summed E-state index contributed by atoms with van der Waals surface area (Å²) in [5.74, 6) is 0.0809. The van der Waals surface area contributed by atoms with Gasteiger partial charge in [0.05, 0.1) is 29.7 Å². The number of hydrogen-bond donors (Lipinski definition) is 2. The lowest BCUT2D eigenvalue weighted by molar-refractivity contribution is 0.0504. The van der Waals surface area contributed by atoms with Gasteiger partial charge in [-0.2, -0.15) is 5.06 Å². The van der Waals surface area contributed by atoms with Crippen molar-refractivity contribution in [2.45, 2.75) is 0 Å². The van der Waals surface area contributed by atoms with Crippen molar-refractivity contribution in [3.05, 3.63) is 133 Å². The summed E-state index contributed by atoms with van der Waals surface area (Å²) >= 11 is 0. The minimum atomic E-state index is -0.582. The van der Waals surface area contributed by atoms with Gasteiger partial charge in [-0.15, -0.1) is 0 Å². The molecule has 40 heavy (non-hydrogen) atoms. The molecule has 0 amide bonds. The summed E-state index contributed by atoms with van der Waals surface area (Å²) in [5.41, 5.74) is 2.54. The van der Waals surface area contributed by atoms with Gasteiger partial charge in [0.2, 0.25) is 0 Å². The van der Waals surface area contributed by atoms with E-state index in [4.69, 9.17) is 9.57 Å². The van der Waals surface area contributed by atoms with Gasteiger partial charge < -0.3 is 20.0 Å². The van der Waals surface area contributed by atoms with Gasteiger partial charge in [-0.25, -0.2) is 4.79 Å². The first-order valence-corrected chi connectivity index (χ1v) is 12.8. The van der Waals surface area contributed by atoms with Crippen LogP contribution in [0.1, 0.15) is 10.4 Å². The maximum Gasteiger partial charge on any atom is 0.365 e. The Morgan fingerprint density at radius 1 is 0.700 bits per heavy atom. The SMILES string of the molecule is COc1c(N(OC(=O)c2ccccc2Nc2c(O)ccc3ccccc23)c2ccccc2)ccc2ccccc12. The number of rotatable bonds is 7. The number of fused-ring (bicyclic) bond motifs is 2. The Balaban J connectivity index is 1.41. The molecule has 0 aliphatic heterocycles. The highest BCUT2D eigenvalue weighted by molar-refractivity contribution is 6.03. The molecule has 6 aromatic rings. The highest BCUT2D eigenvalue weighted by Crippen LogP contribution is 2.40. The fraction of sp³-hybridized carbons (Fsp3) is 0.0294. The topological polar surface area (TPSA) is 71.0 Å². The van der Waals surface area contributed by atoms with Gasteiger partial charge in [-0.05, 0) is 47.2 Å². The smallest absolute Gasteiger partial charge is 0.365 e. The minimum Gasteiger partial charge on any atom is -0.506 e. The molecule has 6 nitrogen and oxygen atoms in total. The average molecular weight is 527 g/mol. The average Bonchev–Trinajstić information content (AvgIpc) is 3.01. The molecule has 0 atom stereocenters. The molecule has 196 valence electrons. The number of carbonyl (C=O) groups is 1. The molecule has 0 aromatic heterocycles. The van der Waals surface area contributed by atoms with Gasteiger partial charge in [0, 0.05) is 10.8 Å². The largest absolute Gasteiger partial charge is 0.506 e. The fourth-order valence-electron chi connectivity index (χ4n) is 4.84. The summed E-state index contributed by atoms with van der Waals surface area (Å²) in [5, 5.41) is 19.1. The molecule has 0 spiro atoms. The number of nitrogens with one attached hydrogen (secondary N) is 1. The van der Waals surface area contributed by atoms with E-state index in [-0.39, 0.29) is 5.75 Å². The predicted molar refractivity (Wildman–Crippen MR) is 160 cm³/mol. The second-order valence-electron chi connectivity index (χ2n) is 9.20. The highest BCUT2D eigenvalue weighted by atomic mass is 16.7. The lowest BCUT2D eigenvalue weighted by atomic mass is 10.1. The van der Waals surface area contributed by atoms with Crippen LogP contribution in [-0.2, 0) is 4.84 Å². The van der Waals surface area contributed by atoms with E-state index in [9.17, 15) is 9.90 Å². The van der Waals surface area contributed by atoms with E-state index in [0.29, 0.717) is 34.1 Å². The monoisotopic (exact) mass is 526 g/mol. The summed E-state index contributed by atoms with van der Waals surface area (Å²) in [4.78, 5) is 19.9. The van der Waals surface area contributed by atoms with Gasteiger partial charge in [0.15, 0.2) is 5.75 Å². The zero-order valence-electron chi connectivity index (χ0n) is 21.7. The molecule has 0 unspecified atom stereocenters. The maximum atomic E-state index is 13.8. The number of carbonyl (C=O) groups excluding carboxylic acids is 1. The number of benzene rings is 6. The zero-order chi connectivity index (χ0) is 27.5. The number of ether oxygens (including phenoxy) is 1. The lowest BCUT2D eigenvalue weighted by Crippen LogP contribution is -2.23. The van der Waals surface area contributed by atoms with E-state index >= 15 is 0 Å². The van der Waals surface area contributed by atoms with Crippen LogP contribution in [0.2, 0.25) is 0 Å². The summed E-state index contributed by atoms with van der Waals surface area (Å²) in [7, 11) is 1.60. The van der Waals surface area contributed by atoms with Crippen LogP contribution in [0, 0.1) is 0 Å². The van der Waals surface area contributed by atoms with Crippen molar-refractivity contribution in [2.24, 2.45) is 0 Å². The number of hydrogen-bond acceptors (Lipinski definition) is 6. The van der Waals surface area contributed by atoms with Gasteiger partial charge in [-0.1, -0.05) is 91.0 Å². The quantitative estimate of drug-likeness (QED) is 0.161. The third-order valence-electron chi connectivity index (χ3n) is 6.76. The number of phenols is 1. The molecule has 6 heteroatoms. The van der Waals surface area contributed by atoms with Crippen LogP contribution in [-0.4, -0.2) is 18.2 Å². The Labute approximate surface area is 231 Å². The summed E-state index contributed by atoms with van der Waals surface area (Å²) < 4.78 is 5.83. The van der Waals surface area contributed by atoms with Crippen LogP contribution in [0.3, 0.4) is 0 Å². The van der Waals surface area contributed by atoms with E-state index in [1.165, 1.54) is 5.06 Å². The van der Waals surface area contributed by atoms with Crippen LogP contribution in [0.5, 0.6) is 11.5 Å². The van der Waals surface area contributed by atoms with E-state index in [0.717, 1.165) is 21.5 Å². The van der Waals surface area contributed by atoms with Gasteiger partial charge >= 0.3 is 5.97 Å². The Hall–Kier alpha value is -5.49. The van der Waals surface area contributed by atoms with Gasteiger partial charge in [0.1, 0.15) is 11.4 Å². The molecular formula is C34H26N2O4. The number of para-hydroxylation sites is 2. The molecular weight excluding hydrogens is 500 g/mol. The van der Waals surface area contributed by atoms with E-state index in [1.807, 2.05) is 103 Å². The van der Waals surface area contributed by atoms with Crippen LogP contribution in [0.25, 0.3) is 21.5 Å². The van der Waals surface area contributed by atoms with Crippen LogP contribution < -0.4 is 15.1 Å². The van der Waals surface area contributed by atoms with Crippen molar-refractivity contribution in [3.63, 3.8) is 0 Å². The molecule has 0 fully saturated rings. The Bertz CT molecular complexity index is 1840. The van der Waals surface area contributed by atoms with E-state index in [2.05, 4.69) is 5.32 Å². The van der Waals surface area contributed by atoms with Crippen molar-refractivity contribution < 1.29 is 19.5 Å². The Kier molecular flexibility index (Phi) is 6.65. The first-order valence-electron chi connectivity index (χ1n) is 12.8. The number of aromatic hydroxyl groups is 1. The molecule has 0 radical (unpaired) electrons.